The lowest BCUT2D eigenvalue weighted by atomic mass is 9.81. The molecule has 2 heterocycles. The highest BCUT2D eigenvalue weighted by atomic mass is 32.1. The minimum absolute atomic E-state index is 0.0738. The molecule has 3 aromatic rings. The van der Waals surface area contributed by atoms with Gasteiger partial charge in [-0.1, -0.05) is 36.4 Å². The Morgan fingerprint density at radius 2 is 1.84 bits per heavy atom. The highest BCUT2D eigenvalue weighted by molar-refractivity contribution is 7.10. The van der Waals surface area contributed by atoms with E-state index >= 15 is 0 Å². The average molecular weight is 451 g/mol. The summed E-state index contributed by atoms with van der Waals surface area (Å²) >= 11 is 1.55. The predicted molar refractivity (Wildman–Crippen MR) is 124 cm³/mol. The summed E-state index contributed by atoms with van der Waals surface area (Å²) in [5.74, 6) is 0.0702. The molecule has 2 amide bonds. The van der Waals surface area contributed by atoms with Crippen molar-refractivity contribution in [1.82, 2.24) is 10.2 Å². The Morgan fingerprint density at radius 3 is 2.53 bits per heavy atom. The maximum atomic E-state index is 13.6. The maximum absolute atomic E-state index is 13.6. The fraction of sp³-hybridized carbons (Fsp3) is 0.280. The average Bonchev–Trinajstić information content (AvgIpc) is 3.37. The second kappa shape index (κ2) is 9.97. The zero-order valence-corrected chi connectivity index (χ0v) is 18.9. The van der Waals surface area contributed by atoms with E-state index in [4.69, 9.17) is 9.47 Å². The lowest BCUT2D eigenvalue weighted by Gasteiger charge is -2.41. The van der Waals surface area contributed by atoms with Crippen molar-refractivity contribution in [2.75, 3.05) is 27.4 Å². The van der Waals surface area contributed by atoms with E-state index in [0.29, 0.717) is 25.3 Å². The molecule has 2 atom stereocenters. The van der Waals surface area contributed by atoms with Crippen LogP contribution >= 0.6 is 11.3 Å². The van der Waals surface area contributed by atoms with Crippen LogP contribution < -0.4 is 10.1 Å². The number of benzene rings is 2. The van der Waals surface area contributed by atoms with Gasteiger partial charge in [-0.25, -0.2) is 0 Å². The molecule has 0 saturated carbocycles. The lowest BCUT2D eigenvalue weighted by molar-refractivity contribution is -0.124. The first-order chi connectivity index (χ1) is 15.6. The van der Waals surface area contributed by atoms with Crippen molar-refractivity contribution in [2.24, 2.45) is 0 Å². The van der Waals surface area contributed by atoms with Crippen LogP contribution in [0.2, 0.25) is 0 Å². The van der Waals surface area contributed by atoms with Gasteiger partial charge < -0.3 is 19.7 Å². The van der Waals surface area contributed by atoms with Crippen LogP contribution in [0.1, 0.15) is 38.3 Å². The Kier molecular flexibility index (Phi) is 6.87. The van der Waals surface area contributed by atoms with Gasteiger partial charge in [0.1, 0.15) is 5.75 Å². The van der Waals surface area contributed by atoms with Gasteiger partial charge in [0.2, 0.25) is 5.91 Å². The fourth-order valence-corrected chi connectivity index (χ4v) is 5.00. The molecule has 0 saturated heterocycles. The third-order valence-electron chi connectivity index (χ3n) is 5.72. The van der Waals surface area contributed by atoms with Crippen molar-refractivity contribution in [2.45, 2.75) is 18.5 Å². The van der Waals surface area contributed by atoms with E-state index < -0.39 is 5.92 Å². The highest BCUT2D eigenvalue weighted by Gasteiger charge is 2.44. The van der Waals surface area contributed by atoms with Gasteiger partial charge in [0.15, 0.2) is 0 Å². The van der Waals surface area contributed by atoms with Crippen molar-refractivity contribution >= 4 is 23.2 Å². The van der Waals surface area contributed by atoms with Crippen LogP contribution in [0.15, 0.2) is 66.0 Å². The SMILES string of the molecule is COCCN1C(=O)c2ccccc2[C@H](C(=O)NCc2ccc(OC)cc2)[C@H]1c1cccs1. The van der Waals surface area contributed by atoms with Crippen LogP contribution in [-0.2, 0) is 16.1 Å². The second-order valence-electron chi connectivity index (χ2n) is 7.58. The highest BCUT2D eigenvalue weighted by Crippen LogP contribution is 2.44. The molecule has 32 heavy (non-hydrogen) atoms. The molecule has 1 N–H and O–H groups in total. The largest absolute Gasteiger partial charge is 0.497 e. The van der Waals surface area contributed by atoms with E-state index in [9.17, 15) is 9.59 Å². The number of hydrogen-bond donors (Lipinski definition) is 1. The monoisotopic (exact) mass is 450 g/mol. The van der Waals surface area contributed by atoms with Gasteiger partial charge in [-0.3, -0.25) is 9.59 Å². The second-order valence-corrected chi connectivity index (χ2v) is 8.56. The summed E-state index contributed by atoms with van der Waals surface area (Å²) in [6.45, 7) is 1.20. The Bertz CT molecular complexity index is 1070. The number of thiophene rings is 1. The predicted octanol–water partition coefficient (Wildman–Crippen LogP) is 4.00. The van der Waals surface area contributed by atoms with Crippen LogP contribution in [0.3, 0.4) is 0 Å². The van der Waals surface area contributed by atoms with E-state index in [1.54, 1.807) is 36.5 Å². The number of hydrogen-bond acceptors (Lipinski definition) is 5. The van der Waals surface area contributed by atoms with Crippen LogP contribution in [0.5, 0.6) is 5.75 Å². The van der Waals surface area contributed by atoms with Crippen molar-refractivity contribution in [3.05, 3.63) is 87.6 Å². The smallest absolute Gasteiger partial charge is 0.254 e. The van der Waals surface area contributed by atoms with E-state index in [1.165, 1.54) is 0 Å². The van der Waals surface area contributed by atoms with Gasteiger partial charge in [-0.2, -0.15) is 0 Å². The molecular weight excluding hydrogens is 424 g/mol. The maximum Gasteiger partial charge on any atom is 0.254 e. The Labute approximate surface area is 191 Å². The van der Waals surface area contributed by atoms with Gasteiger partial charge in [0, 0.05) is 30.6 Å². The normalized spacial score (nSPS) is 17.7. The first kappa shape index (κ1) is 22.0. The van der Waals surface area contributed by atoms with Crippen molar-refractivity contribution in [1.29, 1.82) is 0 Å². The van der Waals surface area contributed by atoms with Crippen LogP contribution in [0.25, 0.3) is 0 Å². The minimum Gasteiger partial charge on any atom is -0.497 e. The molecule has 166 valence electrons. The molecule has 7 heteroatoms. The summed E-state index contributed by atoms with van der Waals surface area (Å²) in [4.78, 5) is 29.7. The third-order valence-corrected chi connectivity index (χ3v) is 6.66. The summed E-state index contributed by atoms with van der Waals surface area (Å²) < 4.78 is 10.5. The molecule has 6 nitrogen and oxygen atoms in total. The number of nitrogens with one attached hydrogen (secondary N) is 1. The molecule has 0 bridgehead atoms. The molecule has 1 aromatic heterocycles. The van der Waals surface area contributed by atoms with Gasteiger partial charge in [-0.05, 0) is 40.8 Å². The molecule has 1 aliphatic rings. The summed E-state index contributed by atoms with van der Waals surface area (Å²) in [6, 6.07) is 18.6. The minimum atomic E-state index is -0.516. The zero-order valence-electron chi connectivity index (χ0n) is 18.1. The molecule has 0 spiro atoms. The Balaban J connectivity index is 1.67. The number of rotatable bonds is 8. The summed E-state index contributed by atoms with van der Waals surface area (Å²) in [5.41, 5.74) is 2.31. The molecule has 1 aliphatic heterocycles. The van der Waals surface area contributed by atoms with Crippen LogP contribution in [0, 0.1) is 0 Å². The summed E-state index contributed by atoms with van der Waals surface area (Å²) in [7, 11) is 3.24. The number of fused-ring (bicyclic) bond motifs is 1. The van der Waals surface area contributed by atoms with Gasteiger partial charge in [0.05, 0.1) is 25.7 Å². The summed E-state index contributed by atoms with van der Waals surface area (Å²) in [6.07, 6.45) is 0. The topological polar surface area (TPSA) is 67.9 Å². The molecule has 0 unspecified atom stereocenters. The van der Waals surface area contributed by atoms with E-state index in [2.05, 4.69) is 5.32 Å². The number of carbonyl (C=O) groups excluding carboxylic acids is 2. The Hall–Kier alpha value is -3.16. The number of amides is 2. The number of nitrogens with zero attached hydrogens (tertiary/aromatic N) is 1. The van der Waals surface area contributed by atoms with Crippen molar-refractivity contribution in [3.8, 4) is 5.75 Å². The zero-order chi connectivity index (χ0) is 22.5. The lowest BCUT2D eigenvalue weighted by Crippen LogP contribution is -2.48. The van der Waals surface area contributed by atoms with E-state index in [1.807, 2.05) is 60.0 Å². The quantitative estimate of drug-likeness (QED) is 0.563. The van der Waals surface area contributed by atoms with Gasteiger partial charge in [0.25, 0.3) is 5.91 Å². The van der Waals surface area contributed by atoms with E-state index in [0.717, 1.165) is 21.8 Å². The van der Waals surface area contributed by atoms with Crippen molar-refractivity contribution < 1.29 is 19.1 Å². The number of ether oxygens (including phenoxy) is 2. The molecule has 0 fully saturated rings. The van der Waals surface area contributed by atoms with Crippen LogP contribution in [0.4, 0.5) is 0 Å². The molecule has 0 aliphatic carbocycles. The summed E-state index contributed by atoms with van der Waals surface area (Å²) in [5, 5.41) is 5.06. The third kappa shape index (κ3) is 4.40. The number of methoxy groups -OCH3 is 2. The fourth-order valence-electron chi connectivity index (χ4n) is 4.13. The molecule has 0 radical (unpaired) electrons. The van der Waals surface area contributed by atoms with E-state index in [-0.39, 0.29) is 17.9 Å². The van der Waals surface area contributed by atoms with Gasteiger partial charge in [-0.15, -0.1) is 11.3 Å². The first-order valence-electron chi connectivity index (χ1n) is 10.5. The Morgan fingerprint density at radius 1 is 1.06 bits per heavy atom. The number of carbonyl (C=O) groups is 2. The standard InChI is InChI=1S/C25H26N2O4S/c1-30-14-13-27-23(21-8-5-15-32-21)22(19-6-3-4-7-20(19)25(27)29)24(28)26-16-17-9-11-18(31-2)12-10-17/h3-12,15,22-23H,13-14,16H2,1-2H3,(H,26,28)/t22-,23+/m0/s1. The molecular formula is C25H26N2O4S. The first-order valence-corrected chi connectivity index (χ1v) is 11.3. The van der Waals surface area contributed by atoms with Crippen molar-refractivity contribution in [3.63, 3.8) is 0 Å². The molecule has 4 rings (SSSR count). The van der Waals surface area contributed by atoms with Gasteiger partial charge >= 0.3 is 0 Å². The van der Waals surface area contributed by atoms with Crippen LogP contribution in [-0.4, -0.2) is 44.1 Å². The molecule has 2 aromatic carbocycles.